The van der Waals surface area contributed by atoms with E-state index in [1.54, 1.807) is 0 Å². The summed E-state index contributed by atoms with van der Waals surface area (Å²) in [7, 11) is 0. The van der Waals surface area contributed by atoms with Crippen molar-refractivity contribution in [1.29, 1.82) is 0 Å². The van der Waals surface area contributed by atoms with Crippen molar-refractivity contribution in [3.8, 4) is 0 Å². The summed E-state index contributed by atoms with van der Waals surface area (Å²) in [6.07, 6.45) is 0. The van der Waals surface area contributed by atoms with Gasteiger partial charge in [0.25, 0.3) is 0 Å². The third-order valence-corrected chi connectivity index (χ3v) is 1.09. The minimum Gasteiger partial charge on any atom is -0.480 e. The standard InChI is InChI=1S/C7H15NO3.O/c1-7(2,3)8-5(4-9)6(10)11;/h5,8-9H,4H2,1-3H3,(H,10,11);/t5-;/m0./s1. The predicted octanol–water partition coefficient (Wildman–Crippen LogP) is -0.299. The number of carbonyl (C=O) groups is 1. The molecule has 1 atom stereocenters. The Balaban J connectivity index is 0. The maximum absolute atomic E-state index is 10.4. The summed E-state index contributed by atoms with van der Waals surface area (Å²) in [5.41, 5.74) is -0.286. The van der Waals surface area contributed by atoms with E-state index in [1.165, 1.54) is 0 Å². The summed E-state index contributed by atoms with van der Waals surface area (Å²) in [4.78, 5) is 10.4. The van der Waals surface area contributed by atoms with Crippen molar-refractivity contribution in [2.24, 2.45) is 0 Å². The van der Waals surface area contributed by atoms with Gasteiger partial charge in [-0.25, -0.2) is 0 Å². The van der Waals surface area contributed by atoms with E-state index >= 15 is 0 Å². The van der Waals surface area contributed by atoms with Gasteiger partial charge < -0.3 is 10.2 Å². The van der Waals surface area contributed by atoms with Crippen LogP contribution in [-0.2, 0) is 10.3 Å². The molecule has 2 radical (unpaired) electrons. The Morgan fingerprint density at radius 3 is 2.00 bits per heavy atom. The monoisotopic (exact) mass is 177 g/mol. The Hall–Kier alpha value is -0.650. The van der Waals surface area contributed by atoms with Gasteiger partial charge in [-0.2, -0.15) is 0 Å². The molecule has 0 heterocycles. The van der Waals surface area contributed by atoms with Gasteiger partial charge in [0.2, 0.25) is 0 Å². The highest BCUT2D eigenvalue weighted by atomic mass is 16.4. The average molecular weight is 177 g/mol. The molecule has 0 unspecified atom stereocenters. The highest BCUT2D eigenvalue weighted by Gasteiger charge is 2.21. The van der Waals surface area contributed by atoms with Gasteiger partial charge in [0.15, 0.2) is 0 Å². The molecular formula is C7H15NO4. The number of hydrogen-bond donors (Lipinski definition) is 3. The molecule has 5 nitrogen and oxygen atoms in total. The van der Waals surface area contributed by atoms with Gasteiger partial charge in [-0.15, -0.1) is 0 Å². The van der Waals surface area contributed by atoms with Crippen LogP contribution >= 0.6 is 0 Å². The first-order valence-electron chi connectivity index (χ1n) is 3.48. The molecule has 5 heteroatoms. The van der Waals surface area contributed by atoms with Crippen LogP contribution in [0.4, 0.5) is 0 Å². The maximum Gasteiger partial charge on any atom is 0.323 e. The van der Waals surface area contributed by atoms with Crippen molar-refractivity contribution in [1.82, 2.24) is 5.32 Å². The summed E-state index contributed by atoms with van der Waals surface area (Å²) >= 11 is 0. The Bertz CT molecular complexity index is 141. The molecule has 0 aliphatic rings. The average Bonchev–Trinajstić information content (AvgIpc) is 1.80. The lowest BCUT2D eigenvalue weighted by Crippen LogP contribution is -2.49. The van der Waals surface area contributed by atoms with E-state index in [2.05, 4.69) is 5.32 Å². The van der Waals surface area contributed by atoms with E-state index in [1.807, 2.05) is 20.8 Å². The highest BCUT2D eigenvalue weighted by molar-refractivity contribution is 5.73. The molecule has 0 fully saturated rings. The van der Waals surface area contributed by atoms with Crippen LogP contribution in [0.1, 0.15) is 20.8 Å². The summed E-state index contributed by atoms with van der Waals surface area (Å²) in [6, 6.07) is -0.866. The van der Waals surface area contributed by atoms with Gasteiger partial charge >= 0.3 is 5.97 Å². The van der Waals surface area contributed by atoms with Crippen molar-refractivity contribution < 1.29 is 20.5 Å². The number of carboxylic acid groups (broad SMARTS) is 1. The fourth-order valence-electron chi connectivity index (χ4n) is 0.708. The third kappa shape index (κ3) is 6.09. The molecule has 0 saturated carbocycles. The first kappa shape index (κ1) is 13.9. The van der Waals surface area contributed by atoms with Gasteiger partial charge in [-0.05, 0) is 20.8 Å². The normalized spacial score (nSPS) is 13.3. The number of carboxylic acids is 1. The largest absolute Gasteiger partial charge is 0.480 e. The van der Waals surface area contributed by atoms with Crippen molar-refractivity contribution in [3.05, 3.63) is 0 Å². The first-order valence-corrected chi connectivity index (χ1v) is 3.48. The molecule has 0 aromatic rings. The molecule has 12 heavy (non-hydrogen) atoms. The fraction of sp³-hybridized carbons (Fsp3) is 0.857. The van der Waals surface area contributed by atoms with E-state index in [9.17, 15) is 4.79 Å². The van der Waals surface area contributed by atoms with Crippen LogP contribution in [0, 0.1) is 0 Å². The van der Waals surface area contributed by atoms with E-state index in [0.717, 1.165) is 0 Å². The Morgan fingerprint density at radius 1 is 1.50 bits per heavy atom. The van der Waals surface area contributed by atoms with Crippen LogP contribution in [0.3, 0.4) is 0 Å². The first-order chi connectivity index (χ1) is 4.87. The lowest BCUT2D eigenvalue weighted by Gasteiger charge is -2.24. The zero-order valence-electron chi connectivity index (χ0n) is 7.50. The van der Waals surface area contributed by atoms with E-state index in [4.69, 9.17) is 10.2 Å². The Morgan fingerprint density at radius 2 is 1.92 bits per heavy atom. The van der Waals surface area contributed by atoms with Crippen molar-refractivity contribution in [2.75, 3.05) is 6.61 Å². The fourth-order valence-corrected chi connectivity index (χ4v) is 0.708. The summed E-state index contributed by atoms with van der Waals surface area (Å²) in [5, 5.41) is 19.9. The number of hydrogen-bond acceptors (Lipinski definition) is 3. The Kier molecular flexibility index (Phi) is 5.88. The zero-order chi connectivity index (χ0) is 9.07. The van der Waals surface area contributed by atoms with Crippen LogP contribution in [0.15, 0.2) is 0 Å². The van der Waals surface area contributed by atoms with Gasteiger partial charge in [-0.1, -0.05) is 0 Å². The lowest BCUT2D eigenvalue weighted by molar-refractivity contribution is -0.141. The van der Waals surface area contributed by atoms with E-state index < -0.39 is 12.0 Å². The van der Waals surface area contributed by atoms with Gasteiger partial charge in [0.05, 0.1) is 6.61 Å². The van der Waals surface area contributed by atoms with Crippen LogP contribution in [0.5, 0.6) is 0 Å². The highest BCUT2D eigenvalue weighted by Crippen LogP contribution is 2.00. The zero-order valence-corrected chi connectivity index (χ0v) is 7.50. The summed E-state index contributed by atoms with van der Waals surface area (Å²) in [5.74, 6) is -1.03. The molecule has 3 N–H and O–H groups in total. The number of aliphatic hydroxyl groups is 1. The minimum atomic E-state index is -1.03. The maximum atomic E-state index is 10.4. The molecule has 0 bridgehead atoms. The van der Waals surface area contributed by atoms with E-state index in [-0.39, 0.29) is 17.6 Å². The smallest absolute Gasteiger partial charge is 0.323 e. The molecule has 0 spiro atoms. The second-order valence-electron chi connectivity index (χ2n) is 3.47. The van der Waals surface area contributed by atoms with Crippen molar-refractivity contribution in [2.45, 2.75) is 32.4 Å². The predicted molar refractivity (Wildman–Crippen MR) is 42.1 cm³/mol. The number of aliphatic carboxylic acids is 1. The molecule has 0 rings (SSSR count). The summed E-state index contributed by atoms with van der Waals surface area (Å²) in [6.45, 7) is 5.16. The van der Waals surface area contributed by atoms with Crippen molar-refractivity contribution in [3.63, 3.8) is 0 Å². The van der Waals surface area contributed by atoms with Crippen LogP contribution in [0.2, 0.25) is 0 Å². The SMILES string of the molecule is CC(C)(C)N[C@@H](CO)C(=O)O.[O]. The van der Waals surface area contributed by atoms with Crippen molar-refractivity contribution >= 4 is 5.97 Å². The van der Waals surface area contributed by atoms with Crippen LogP contribution < -0.4 is 5.32 Å². The molecule has 0 aliphatic heterocycles. The molecular weight excluding hydrogens is 162 g/mol. The minimum absolute atomic E-state index is 0. The van der Waals surface area contributed by atoms with Gasteiger partial charge in [0, 0.05) is 11.0 Å². The molecule has 72 valence electrons. The van der Waals surface area contributed by atoms with Crippen LogP contribution in [0.25, 0.3) is 0 Å². The number of aliphatic hydroxyl groups excluding tert-OH is 1. The second kappa shape index (κ2) is 5.08. The second-order valence-corrected chi connectivity index (χ2v) is 3.47. The Labute approximate surface area is 71.7 Å². The number of rotatable bonds is 3. The lowest BCUT2D eigenvalue weighted by atomic mass is 10.1. The quantitative estimate of drug-likeness (QED) is 0.551. The topological polar surface area (TPSA) is 98.1 Å². The number of nitrogens with one attached hydrogen (secondary N) is 1. The van der Waals surface area contributed by atoms with Gasteiger partial charge in [0.1, 0.15) is 6.04 Å². The van der Waals surface area contributed by atoms with Crippen LogP contribution in [-0.4, -0.2) is 34.4 Å². The molecule has 0 aromatic carbocycles. The van der Waals surface area contributed by atoms with Gasteiger partial charge in [-0.3, -0.25) is 10.1 Å². The molecule has 0 aromatic heterocycles. The molecule has 0 aliphatic carbocycles. The third-order valence-electron chi connectivity index (χ3n) is 1.09. The molecule has 0 saturated heterocycles. The molecule has 0 amide bonds. The van der Waals surface area contributed by atoms with E-state index in [0.29, 0.717) is 0 Å². The summed E-state index contributed by atoms with van der Waals surface area (Å²) < 4.78 is 0.